The highest BCUT2D eigenvalue weighted by Crippen LogP contribution is 2.24. The summed E-state index contributed by atoms with van der Waals surface area (Å²) >= 11 is 2.61. The predicted octanol–water partition coefficient (Wildman–Crippen LogP) is 3.01. The normalized spacial score (nSPS) is 11.8. The van der Waals surface area contributed by atoms with Gasteiger partial charge in [0.05, 0.1) is 16.8 Å². The molecule has 0 saturated heterocycles. The van der Waals surface area contributed by atoms with Crippen LogP contribution >= 0.6 is 23.1 Å². The fraction of sp³-hybridized carbons (Fsp3) is 0.375. The first kappa shape index (κ1) is 17.7. The van der Waals surface area contributed by atoms with Crippen molar-refractivity contribution in [2.45, 2.75) is 31.3 Å². The molecular weight excluding hydrogens is 360 g/mol. The maximum Gasteiger partial charge on any atom is 0.262 e. The Balaban J connectivity index is 1.67. The van der Waals surface area contributed by atoms with Crippen molar-refractivity contribution in [1.29, 1.82) is 0 Å². The molecule has 0 bridgehead atoms. The Morgan fingerprint density at radius 3 is 2.88 bits per heavy atom. The number of nitrogens with zero attached hydrogens (tertiary/aromatic N) is 3. The number of anilines is 1. The molecule has 0 aliphatic heterocycles. The van der Waals surface area contributed by atoms with E-state index in [1.165, 1.54) is 27.7 Å². The van der Waals surface area contributed by atoms with Crippen LogP contribution in [0, 0.1) is 0 Å². The number of thioether (sulfide) groups is 1. The molecule has 0 aliphatic carbocycles. The lowest BCUT2D eigenvalue weighted by molar-refractivity contribution is -0.113. The molecule has 0 spiro atoms. The maximum atomic E-state index is 12.2. The van der Waals surface area contributed by atoms with Crippen molar-refractivity contribution >= 4 is 45.1 Å². The number of carbonyl (C=O) groups is 1. The Morgan fingerprint density at radius 1 is 1.44 bits per heavy atom. The van der Waals surface area contributed by atoms with Crippen LogP contribution in [0.1, 0.15) is 26.5 Å². The summed E-state index contributed by atoms with van der Waals surface area (Å²) in [4.78, 5) is 29.5. The van der Waals surface area contributed by atoms with Crippen LogP contribution in [0.3, 0.4) is 0 Å². The van der Waals surface area contributed by atoms with Crippen LogP contribution in [-0.2, 0) is 17.3 Å². The molecule has 0 aromatic carbocycles. The van der Waals surface area contributed by atoms with E-state index in [1.807, 2.05) is 26.2 Å². The van der Waals surface area contributed by atoms with E-state index in [2.05, 4.69) is 15.5 Å². The summed E-state index contributed by atoms with van der Waals surface area (Å²) < 4.78 is 6.60. The summed E-state index contributed by atoms with van der Waals surface area (Å²) in [5.41, 5.74) is 0.501. The Bertz CT molecular complexity index is 981. The average Bonchev–Trinajstić information content (AvgIpc) is 3.18. The molecule has 0 aliphatic rings. The van der Waals surface area contributed by atoms with Crippen LogP contribution < -0.4 is 10.9 Å². The average molecular weight is 378 g/mol. The van der Waals surface area contributed by atoms with Gasteiger partial charge >= 0.3 is 0 Å². The van der Waals surface area contributed by atoms with Gasteiger partial charge in [-0.25, -0.2) is 4.98 Å². The van der Waals surface area contributed by atoms with E-state index in [0.29, 0.717) is 21.3 Å². The van der Waals surface area contributed by atoms with E-state index in [9.17, 15) is 9.59 Å². The topological polar surface area (TPSA) is 90.0 Å². The summed E-state index contributed by atoms with van der Waals surface area (Å²) in [6.45, 7) is 6.04. The fourth-order valence-corrected chi connectivity index (χ4v) is 3.68. The number of hydrogen-bond donors (Lipinski definition) is 1. The van der Waals surface area contributed by atoms with Gasteiger partial charge in [0.1, 0.15) is 4.83 Å². The summed E-state index contributed by atoms with van der Waals surface area (Å²) in [5.74, 6) is 0.177. The van der Waals surface area contributed by atoms with Gasteiger partial charge < -0.3 is 4.52 Å². The van der Waals surface area contributed by atoms with Gasteiger partial charge in [-0.15, -0.1) is 11.3 Å². The number of rotatable bonds is 4. The van der Waals surface area contributed by atoms with E-state index in [4.69, 9.17) is 4.52 Å². The third kappa shape index (κ3) is 3.77. The molecule has 3 aromatic heterocycles. The van der Waals surface area contributed by atoms with Gasteiger partial charge in [-0.1, -0.05) is 37.7 Å². The zero-order valence-corrected chi connectivity index (χ0v) is 16.0. The first-order valence-corrected chi connectivity index (χ1v) is 9.46. The SMILES string of the molecule is Cn1c(SCC(=O)Nc2cc(C(C)(C)C)no2)nc2sccc2c1=O. The number of amides is 1. The first-order valence-electron chi connectivity index (χ1n) is 7.60. The van der Waals surface area contributed by atoms with Gasteiger partial charge in [0.2, 0.25) is 11.8 Å². The zero-order chi connectivity index (χ0) is 18.2. The van der Waals surface area contributed by atoms with Crippen LogP contribution in [-0.4, -0.2) is 26.4 Å². The molecule has 0 unspecified atom stereocenters. The summed E-state index contributed by atoms with van der Waals surface area (Å²) in [7, 11) is 1.65. The Labute approximate surface area is 152 Å². The molecule has 25 heavy (non-hydrogen) atoms. The highest BCUT2D eigenvalue weighted by molar-refractivity contribution is 7.99. The lowest BCUT2D eigenvalue weighted by Gasteiger charge is -2.12. The molecule has 0 atom stereocenters. The van der Waals surface area contributed by atoms with E-state index >= 15 is 0 Å². The van der Waals surface area contributed by atoms with Crippen molar-refractivity contribution in [3.63, 3.8) is 0 Å². The molecule has 132 valence electrons. The summed E-state index contributed by atoms with van der Waals surface area (Å²) in [5, 5.41) is 9.56. The summed E-state index contributed by atoms with van der Waals surface area (Å²) in [6.07, 6.45) is 0. The molecular formula is C16H18N4O3S2. The largest absolute Gasteiger partial charge is 0.338 e. The molecule has 3 rings (SSSR count). The smallest absolute Gasteiger partial charge is 0.262 e. The van der Waals surface area contributed by atoms with Gasteiger partial charge in [0, 0.05) is 18.5 Å². The molecule has 7 nitrogen and oxygen atoms in total. The Morgan fingerprint density at radius 2 is 2.20 bits per heavy atom. The van der Waals surface area contributed by atoms with E-state index in [0.717, 1.165) is 5.69 Å². The summed E-state index contributed by atoms with van der Waals surface area (Å²) in [6, 6.07) is 3.47. The molecule has 0 fully saturated rings. The quantitative estimate of drug-likeness (QED) is 0.554. The van der Waals surface area contributed by atoms with Gasteiger partial charge in [-0.2, -0.15) is 0 Å². The van der Waals surface area contributed by atoms with E-state index < -0.39 is 0 Å². The number of thiophene rings is 1. The van der Waals surface area contributed by atoms with Crippen LogP contribution in [0.5, 0.6) is 0 Å². The minimum atomic E-state index is -0.248. The minimum Gasteiger partial charge on any atom is -0.338 e. The second kappa shape index (κ2) is 6.64. The lowest BCUT2D eigenvalue weighted by Crippen LogP contribution is -2.20. The number of carbonyl (C=O) groups excluding carboxylic acids is 1. The number of hydrogen-bond acceptors (Lipinski definition) is 7. The number of fused-ring (bicyclic) bond motifs is 1. The van der Waals surface area contributed by atoms with Gasteiger partial charge in [0.15, 0.2) is 5.16 Å². The molecule has 1 N–H and O–H groups in total. The van der Waals surface area contributed by atoms with Gasteiger partial charge in [-0.05, 0) is 11.4 Å². The predicted molar refractivity (Wildman–Crippen MR) is 99.4 cm³/mol. The second-order valence-electron chi connectivity index (χ2n) is 6.56. The molecule has 0 saturated carbocycles. The first-order chi connectivity index (χ1) is 11.8. The molecule has 9 heteroatoms. The Hall–Kier alpha value is -2.13. The molecule has 3 aromatic rings. The van der Waals surface area contributed by atoms with E-state index in [1.54, 1.807) is 19.2 Å². The zero-order valence-electron chi connectivity index (χ0n) is 14.3. The second-order valence-corrected chi connectivity index (χ2v) is 8.40. The van der Waals surface area contributed by atoms with Crippen molar-refractivity contribution < 1.29 is 9.32 Å². The Kier molecular flexibility index (Phi) is 4.70. The van der Waals surface area contributed by atoms with Crippen LogP contribution in [0.4, 0.5) is 5.88 Å². The van der Waals surface area contributed by atoms with Crippen molar-refractivity contribution in [2.75, 3.05) is 11.1 Å². The lowest BCUT2D eigenvalue weighted by atomic mass is 9.92. The van der Waals surface area contributed by atoms with Crippen LogP contribution in [0.25, 0.3) is 10.2 Å². The van der Waals surface area contributed by atoms with Crippen LogP contribution in [0.2, 0.25) is 0 Å². The highest BCUT2D eigenvalue weighted by Gasteiger charge is 2.20. The highest BCUT2D eigenvalue weighted by atomic mass is 32.2. The van der Waals surface area contributed by atoms with Crippen LogP contribution in [0.15, 0.2) is 32.0 Å². The van der Waals surface area contributed by atoms with Gasteiger partial charge in [-0.3, -0.25) is 19.5 Å². The minimum absolute atomic E-state index is 0.112. The van der Waals surface area contributed by atoms with Crippen molar-refractivity contribution in [3.8, 4) is 0 Å². The fourth-order valence-electron chi connectivity index (χ4n) is 2.10. The van der Waals surface area contributed by atoms with Gasteiger partial charge in [0.25, 0.3) is 5.56 Å². The number of nitrogens with one attached hydrogen (secondary N) is 1. The monoisotopic (exact) mass is 378 g/mol. The molecule has 0 radical (unpaired) electrons. The van der Waals surface area contributed by atoms with Crippen molar-refractivity contribution in [3.05, 3.63) is 33.6 Å². The maximum absolute atomic E-state index is 12.2. The third-order valence-corrected chi connectivity index (χ3v) is 5.37. The van der Waals surface area contributed by atoms with Crippen molar-refractivity contribution in [2.24, 2.45) is 7.05 Å². The standard InChI is InChI=1S/C16H18N4O3S2/c1-16(2,3)10-7-12(23-19-10)17-11(21)8-25-15-18-13-9(5-6-24-13)14(22)20(15)4/h5-7H,8H2,1-4H3,(H,17,21). The molecule has 3 heterocycles. The number of aromatic nitrogens is 3. The third-order valence-electron chi connectivity index (χ3n) is 3.54. The van der Waals surface area contributed by atoms with Crippen molar-refractivity contribution in [1.82, 2.24) is 14.7 Å². The van der Waals surface area contributed by atoms with E-state index in [-0.39, 0.29) is 22.6 Å². The molecule has 1 amide bonds.